The van der Waals surface area contributed by atoms with E-state index in [1.807, 2.05) is 6.07 Å². The molecule has 0 saturated heterocycles. The first-order valence-corrected chi connectivity index (χ1v) is 6.97. The van der Waals surface area contributed by atoms with Crippen LogP contribution >= 0.6 is 23.4 Å². The smallest absolute Gasteiger partial charge is 0.129 e. The van der Waals surface area contributed by atoms with E-state index < -0.39 is 0 Å². The summed E-state index contributed by atoms with van der Waals surface area (Å²) in [6.07, 6.45) is 4.61. The van der Waals surface area contributed by atoms with Gasteiger partial charge in [-0.3, -0.25) is 0 Å². The molecule has 0 fully saturated rings. The van der Waals surface area contributed by atoms with E-state index in [0.29, 0.717) is 11.2 Å². The zero-order valence-corrected chi connectivity index (χ0v) is 10.9. The first kappa shape index (κ1) is 13.8. The van der Waals surface area contributed by atoms with Gasteiger partial charge in [0.25, 0.3) is 0 Å². The third-order valence-electron chi connectivity index (χ3n) is 2.23. The van der Waals surface area contributed by atoms with Crippen LogP contribution in [0.2, 0.25) is 5.15 Å². The van der Waals surface area contributed by atoms with Gasteiger partial charge in [0, 0.05) is 31.1 Å². The van der Waals surface area contributed by atoms with Crippen molar-refractivity contribution < 1.29 is 5.11 Å². The number of nitrogens with zero attached hydrogens (tertiary/aromatic N) is 1. The van der Waals surface area contributed by atoms with E-state index in [1.165, 1.54) is 0 Å². The van der Waals surface area contributed by atoms with Crippen molar-refractivity contribution in [2.75, 3.05) is 18.6 Å². The van der Waals surface area contributed by atoms with Gasteiger partial charge in [0.1, 0.15) is 5.15 Å². The molecule has 1 rings (SSSR count). The molecule has 0 amide bonds. The van der Waals surface area contributed by atoms with Gasteiger partial charge in [0.2, 0.25) is 0 Å². The molecule has 1 heterocycles. The van der Waals surface area contributed by atoms with Gasteiger partial charge < -0.3 is 10.4 Å². The minimum atomic E-state index is 0.219. The maximum Gasteiger partial charge on any atom is 0.129 e. The van der Waals surface area contributed by atoms with E-state index in [4.69, 9.17) is 16.7 Å². The first-order chi connectivity index (χ1) is 7.76. The average molecular weight is 261 g/mol. The van der Waals surface area contributed by atoms with Crippen molar-refractivity contribution in [3.63, 3.8) is 0 Å². The molecule has 0 radical (unpaired) electrons. The maximum absolute atomic E-state index is 8.92. The number of nitrogens with one attached hydrogen (secondary N) is 1. The Morgan fingerprint density at radius 2 is 2.38 bits per heavy atom. The summed E-state index contributed by atoms with van der Waals surface area (Å²) in [5.74, 6) is 1.00. The van der Waals surface area contributed by atoms with Crippen LogP contribution in [0.1, 0.15) is 12.0 Å². The Hall–Kier alpha value is -0.290. The summed E-state index contributed by atoms with van der Waals surface area (Å²) in [6.45, 7) is 0.979. The van der Waals surface area contributed by atoms with Crippen molar-refractivity contribution in [3.05, 3.63) is 29.0 Å². The Labute approximate surface area is 106 Å². The summed E-state index contributed by atoms with van der Waals surface area (Å²) in [5, 5.41) is 12.8. The summed E-state index contributed by atoms with van der Waals surface area (Å²) in [5.41, 5.74) is 1.11. The fourth-order valence-electron chi connectivity index (χ4n) is 1.37. The molecule has 0 bridgehead atoms. The van der Waals surface area contributed by atoms with Gasteiger partial charge in [-0.15, -0.1) is 0 Å². The predicted octanol–water partition coefficient (Wildman–Crippen LogP) is 1.94. The van der Waals surface area contributed by atoms with Crippen LogP contribution in [-0.4, -0.2) is 34.7 Å². The largest absolute Gasteiger partial charge is 0.396 e. The molecule has 16 heavy (non-hydrogen) atoms. The minimum Gasteiger partial charge on any atom is -0.396 e. The molecule has 0 aromatic carbocycles. The molecule has 0 spiro atoms. The van der Waals surface area contributed by atoms with Crippen molar-refractivity contribution in [3.8, 4) is 0 Å². The highest BCUT2D eigenvalue weighted by Crippen LogP contribution is 2.07. The molecular weight excluding hydrogens is 244 g/mol. The zero-order valence-electron chi connectivity index (χ0n) is 9.32. The molecule has 1 aromatic heterocycles. The Balaban J connectivity index is 2.38. The summed E-state index contributed by atoms with van der Waals surface area (Å²) in [6, 6.07) is 4.08. The Kier molecular flexibility index (Phi) is 6.80. The predicted molar refractivity (Wildman–Crippen MR) is 70.0 cm³/mol. The lowest BCUT2D eigenvalue weighted by Crippen LogP contribution is -2.31. The van der Waals surface area contributed by atoms with E-state index in [2.05, 4.69) is 16.6 Å². The monoisotopic (exact) mass is 260 g/mol. The van der Waals surface area contributed by atoms with Gasteiger partial charge in [-0.1, -0.05) is 17.7 Å². The number of halogens is 1. The topological polar surface area (TPSA) is 45.1 Å². The molecule has 0 aliphatic rings. The summed E-state index contributed by atoms with van der Waals surface area (Å²) < 4.78 is 0. The zero-order chi connectivity index (χ0) is 11.8. The lowest BCUT2D eigenvalue weighted by molar-refractivity contribution is 0.269. The van der Waals surface area contributed by atoms with Gasteiger partial charge >= 0.3 is 0 Å². The first-order valence-electron chi connectivity index (χ1n) is 5.20. The lowest BCUT2D eigenvalue weighted by atomic mass is 10.2. The second-order valence-corrected chi connectivity index (χ2v) is 4.83. The number of rotatable bonds is 7. The molecule has 0 aliphatic heterocycles. The van der Waals surface area contributed by atoms with Gasteiger partial charge in [-0.2, -0.15) is 11.8 Å². The average Bonchev–Trinajstić information content (AvgIpc) is 2.29. The lowest BCUT2D eigenvalue weighted by Gasteiger charge is -2.16. The number of aliphatic hydroxyl groups excluding tert-OH is 1. The van der Waals surface area contributed by atoms with Crippen LogP contribution < -0.4 is 5.32 Å². The highest BCUT2D eigenvalue weighted by molar-refractivity contribution is 7.98. The Morgan fingerprint density at radius 3 is 2.94 bits per heavy atom. The standard InChI is InChI=1S/C11H17ClN2OS/c1-16-8-10(4-5-15)13-6-9-2-3-11(12)14-7-9/h2-3,7,10,13,15H,4-6,8H2,1H3. The summed E-state index contributed by atoms with van der Waals surface area (Å²) in [7, 11) is 0. The van der Waals surface area contributed by atoms with Crippen molar-refractivity contribution in [2.45, 2.75) is 19.0 Å². The van der Waals surface area contributed by atoms with Crippen molar-refractivity contribution in [2.24, 2.45) is 0 Å². The molecule has 1 atom stereocenters. The highest BCUT2D eigenvalue weighted by Gasteiger charge is 2.06. The summed E-state index contributed by atoms with van der Waals surface area (Å²) in [4.78, 5) is 4.02. The number of thioether (sulfide) groups is 1. The van der Waals surface area contributed by atoms with E-state index in [-0.39, 0.29) is 6.61 Å². The van der Waals surface area contributed by atoms with Crippen LogP contribution in [0, 0.1) is 0 Å². The maximum atomic E-state index is 8.92. The van der Waals surface area contributed by atoms with E-state index in [0.717, 1.165) is 24.3 Å². The normalized spacial score (nSPS) is 12.7. The number of hydrogen-bond donors (Lipinski definition) is 2. The van der Waals surface area contributed by atoms with Crippen LogP contribution in [0.4, 0.5) is 0 Å². The second kappa shape index (κ2) is 7.90. The van der Waals surface area contributed by atoms with Gasteiger partial charge in [0.05, 0.1) is 0 Å². The van der Waals surface area contributed by atoms with Crippen LogP contribution in [0.3, 0.4) is 0 Å². The molecule has 2 N–H and O–H groups in total. The third kappa shape index (κ3) is 5.16. The van der Waals surface area contributed by atoms with Crippen molar-refractivity contribution in [1.29, 1.82) is 0 Å². The molecule has 1 aromatic rings. The SMILES string of the molecule is CSCC(CCO)NCc1ccc(Cl)nc1. The van der Waals surface area contributed by atoms with Gasteiger partial charge in [-0.25, -0.2) is 4.98 Å². The third-order valence-corrected chi connectivity index (χ3v) is 3.19. The fraction of sp³-hybridized carbons (Fsp3) is 0.545. The number of hydrogen-bond acceptors (Lipinski definition) is 4. The van der Waals surface area contributed by atoms with Crippen LogP contribution in [0.25, 0.3) is 0 Å². The molecule has 3 nitrogen and oxygen atoms in total. The second-order valence-electron chi connectivity index (χ2n) is 3.53. The molecule has 1 unspecified atom stereocenters. The highest BCUT2D eigenvalue weighted by atomic mass is 35.5. The molecule has 0 saturated carbocycles. The number of aliphatic hydroxyl groups is 1. The van der Waals surface area contributed by atoms with Crippen LogP contribution in [0.15, 0.2) is 18.3 Å². The molecule has 0 aliphatic carbocycles. The van der Waals surface area contributed by atoms with Crippen molar-refractivity contribution in [1.82, 2.24) is 10.3 Å². The van der Waals surface area contributed by atoms with Crippen LogP contribution in [0.5, 0.6) is 0 Å². The van der Waals surface area contributed by atoms with Gasteiger partial charge in [0.15, 0.2) is 0 Å². The Morgan fingerprint density at radius 1 is 1.56 bits per heavy atom. The van der Waals surface area contributed by atoms with E-state index >= 15 is 0 Å². The molecule has 90 valence electrons. The quantitative estimate of drug-likeness (QED) is 0.736. The minimum absolute atomic E-state index is 0.219. The fourth-order valence-corrected chi connectivity index (χ4v) is 2.17. The molecule has 5 heteroatoms. The summed E-state index contributed by atoms with van der Waals surface area (Å²) >= 11 is 7.48. The van der Waals surface area contributed by atoms with E-state index in [9.17, 15) is 0 Å². The van der Waals surface area contributed by atoms with Crippen LogP contribution in [-0.2, 0) is 6.54 Å². The molecular formula is C11H17ClN2OS. The van der Waals surface area contributed by atoms with Crippen molar-refractivity contribution >= 4 is 23.4 Å². The number of pyridine rings is 1. The van der Waals surface area contributed by atoms with Gasteiger partial charge in [-0.05, 0) is 24.3 Å². The number of aromatic nitrogens is 1. The van der Waals surface area contributed by atoms with E-state index in [1.54, 1.807) is 24.0 Å². The Bertz CT molecular complexity index is 289.